The molecule has 0 aliphatic heterocycles. The van der Waals surface area contributed by atoms with Gasteiger partial charge in [-0.15, -0.1) is 0 Å². The van der Waals surface area contributed by atoms with E-state index in [1.807, 2.05) is 42.2 Å². The zero-order chi connectivity index (χ0) is 18.4. The Hall–Kier alpha value is -3.68. The molecule has 0 bridgehead atoms. The number of pyridine rings is 1. The molecule has 0 spiro atoms. The third-order valence-electron chi connectivity index (χ3n) is 3.74. The molecule has 8 heteroatoms. The molecule has 1 aromatic carbocycles. The number of aromatic nitrogens is 3. The smallest absolute Gasteiger partial charge is 0.269 e. The number of nitrogens with one attached hydrogen (secondary N) is 2. The van der Waals surface area contributed by atoms with Crippen LogP contribution in [0.2, 0.25) is 0 Å². The number of hydrogen-bond donors (Lipinski definition) is 3. The largest absolute Gasteiger partial charge is 0.393 e. The highest BCUT2D eigenvalue weighted by molar-refractivity contribution is 5.95. The van der Waals surface area contributed by atoms with Gasteiger partial charge in [-0.2, -0.15) is 0 Å². The summed E-state index contributed by atoms with van der Waals surface area (Å²) in [6.07, 6.45) is 4.49. The number of hydrogen-bond acceptors (Lipinski definition) is 7. The van der Waals surface area contributed by atoms with Gasteiger partial charge in [0.15, 0.2) is 11.6 Å². The molecule has 0 atom stereocenters. The van der Waals surface area contributed by atoms with E-state index in [1.165, 1.54) is 6.33 Å². The predicted molar refractivity (Wildman–Crippen MR) is 101 cm³/mol. The van der Waals surface area contributed by atoms with Crippen LogP contribution in [0.4, 0.5) is 23.0 Å². The summed E-state index contributed by atoms with van der Waals surface area (Å²) in [5.41, 5.74) is 13.3. The third kappa shape index (κ3) is 3.69. The highest BCUT2D eigenvalue weighted by Gasteiger charge is 2.16. The Balaban J connectivity index is 1.80. The molecule has 132 valence electrons. The van der Waals surface area contributed by atoms with Crippen LogP contribution in [-0.4, -0.2) is 27.4 Å². The van der Waals surface area contributed by atoms with Gasteiger partial charge in [0.1, 0.15) is 12.0 Å². The summed E-state index contributed by atoms with van der Waals surface area (Å²) in [6.45, 7) is 2.68. The van der Waals surface area contributed by atoms with Crippen molar-refractivity contribution < 1.29 is 4.79 Å². The van der Waals surface area contributed by atoms with E-state index in [4.69, 9.17) is 5.73 Å². The first-order valence-electron chi connectivity index (χ1n) is 8.10. The lowest BCUT2D eigenvalue weighted by atomic mass is 10.2. The van der Waals surface area contributed by atoms with Crippen LogP contribution in [0.5, 0.6) is 0 Å². The number of para-hydroxylation sites is 1. The average molecular weight is 349 g/mol. The number of amides is 1. The Morgan fingerprint density at radius 3 is 2.54 bits per heavy atom. The number of hydrazine groups is 1. The average Bonchev–Trinajstić information content (AvgIpc) is 2.70. The van der Waals surface area contributed by atoms with Crippen LogP contribution < -0.4 is 21.5 Å². The van der Waals surface area contributed by atoms with Gasteiger partial charge in [0.2, 0.25) is 0 Å². The van der Waals surface area contributed by atoms with E-state index in [2.05, 4.69) is 25.8 Å². The number of benzene rings is 1. The summed E-state index contributed by atoms with van der Waals surface area (Å²) >= 11 is 0. The van der Waals surface area contributed by atoms with E-state index in [9.17, 15) is 4.79 Å². The molecule has 8 nitrogen and oxygen atoms in total. The van der Waals surface area contributed by atoms with Crippen molar-refractivity contribution in [2.75, 3.05) is 22.6 Å². The van der Waals surface area contributed by atoms with Crippen LogP contribution in [0.25, 0.3) is 0 Å². The lowest BCUT2D eigenvalue weighted by molar-refractivity contribution is 0.0962. The zero-order valence-corrected chi connectivity index (χ0v) is 14.3. The second kappa shape index (κ2) is 7.93. The molecular formula is C18H19N7O. The summed E-state index contributed by atoms with van der Waals surface area (Å²) in [6, 6.07) is 13.0. The Bertz CT molecular complexity index is 871. The summed E-state index contributed by atoms with van der Waals surface area (Å²) in [7, 11) is 0. The van der Waals surface area contributed by atoms with Gasteiger partial charge in [0.25, 0.3) is 5.91 Å². The molecule has 0 saturated heterocycles. The summed E-state index contributed by atoms with van der Waals surface area (Å²) in [5, 5.41) is 0. The number of rotatable bonds is 6. The number of nitrogens with two attached hydrogens (primary N) is 1. The Kier molecular flexibility index (Phi) is 5.23. The van der Waals surface area contributed by atoms with Gasteiger partial charge in [0.05, 0.1) is 0 Å². The number of carbonyl (C=O) groups is 1. The Morgan fingerprint density at radius 1 is 1.12 bits per heavy atom. The lowest BCUT2D eigenvalue weighted by Gasteiger charge is -2.24. The zero-order valence-electron chi connectivity index (χ0n) is 14.3. The maximum atomic E-state index is 12.1. The number of anilines is 4. The van der Waals surface area contributed by atoms with E-state index >= 15 is 0 Å². The standard InChI is InChI=1S/C18H19N7O/c1-2-25(14-6-4-3-5-7-14)17-15(19)16(21-12-22-17)23-24-18(26)13-8-10-20-11-9-13/h3-12H,2,19H2,1H3,(H,24,26)(H,21,22,23). The minimum absolute atomic E-state index is 0.317. The molecule has 3 rings (SSSR count). The van der Waals surface area contributed by atoms with Gasteiger partial charge in [-0.05, 0) is 31.2 Å². The maximum absolute atomic E-state index is 12.1. The molecule has 0 saturated carbocycles. The Labute approximate surface area is 151 Å². The first-order chi connectivity index (χ1) is 12.7. The fourth-order valence-electron chi connectivity index (χ4n) is 2.45. The van der Waals surface area contributed by atoms with E-state index in [-0.39, 0.29) is 5.91 Å². The number of nitrogen functional groups attached to an aromatic ring is 1. The topological polar surface area (TPSA) is 109 Å². The molecule has 0 aliphatic rings. The van der Waals surface area contributed by atoms with Crippen LogP contribution >= 0.6 is 0 Å². The first kappa shape index (κ1) is 17.2. The normalized spacial score (nSPS) is 10.2. The molecular weight excluding hydrogens is 330 g/mol. The van der Waals surface area contributed by atoms with Crippen LogP contribution in [-0.2, 0) is 0 Å². The maximum Gasteiger partial charge on any atom is 0.269 e. The van der Waals surface area contributed by atoms with Gasteiger partial charge in [0, 0.05) is 30.2 Å². The molecule has 4 N–H and O–H groups in total. The number of nitrogens with zero attached hydrogens (tertiary/aromatic N) is 4. The van der Waals surface area contributed by atoms with Crippen molar-refractivity contribution in [1.82, 2.24) is 20.4 Å². The van der Waals surface area contributed by atoms with Crippen molar-refractivity contribution in [2.24, 2.45) is 0 Å². The highest BCUT2D eigenvalue weighted by atomic mass is 16.2. The summed E-state index contributed by atoms with van der Waals surface area (Å²) < 4.78 is 0. The molecule has 3 aromatic rings. The second-order valence-corrected chi connectivity index (χ2v) is 5.35. The van der Waals surface area contributed by atoms with Crippen molar-refractivity contribution >= 4 is 28.9 Å². The molecule has 2 aromatic heterocycles. The monoisotopic (exact) mass is 349 g/mol. The Morgan fingerprint density at radius 2 is 1.85 bits per heavy atom. The van der Waals surface area contributed by atoms with Crippen LogP contribution in [0.15, 0.2) is 61.2 Å². The second-order valence-electron chi connectivity index (χ2n) is 5.35. The van der Waals surface area contributed by atoms with Gasteiger partial charge in [-0.1, -0.05) is 18.2 Å². The molecule has 2 heterocycles. The van der Waals surface area contributed by atoms with Crippen molar-refractivity contribution in [2.45, 2.75) is 6.92 Å². The van der Waals surface area contributed by atoms with E-state index in [0.717, 1.165) is 5.69 Å². The van der Waals surface area contributed by atoms with Crippen molar-refractivity contribution in [3.63, 3.8) is 0 Å². The molecule has 0 fully saturated rings. The first-order valence-corrected chi connectivity index (χ1v) is 8.10. The molecule has 0 aliphatic carbocycles. The van der Waals surface area contributed by atoms with Gasteiger partial charge >= 0.3 is 0 Å². The highest BCUT2D eigenvalue weighted by Crippen LogP contribution is 2.31. The minimum atomic E-state index is -0.317. The SMILES string of the molecule is CCN(c1ccccc1)c1ncnc(NNC(=O)c2ccncc2)c1N. The molecule has 0 unspecified atom stereocenters. The summed E-state index contributed by atoms with van der Waals surface area (Å²) in [5.74, 6) is 0.573. The van der Waals surface area contributed by atoms with E-state index in [1.54, 1.807) is 24.5 Å². The fourth-order valence-corrected chi connectivity index (χ4v) is 2.45. The molecule has 0 radical (unpaired) electrons. The van der Waals surface area contributed by atoms with Crippen molar-refractivity contribution in [3.8, 4) is 0 Å². The van der Waals surface area contributed by atoms with Gasteiger partial charge in [-0.25, -0.2) is 9.97 Å². The fraction of sp³-hybridized carbons (Fsp3) is 0.111. The van der Waals surface area contributed by atoms with Crippen LogP contribution in [0.1, 0.15) is 17.3 Å². The molecule has 1 amide bonds. The van der Waals surface area contributed by atoms with Gasteiger partial charge < -0.3 is 10.6 Å². The van der Waals surface area contributed by atoms with Crippen molar-refractivity contribution in [1.29, 1.82) is 0 Å². The lowest BCUT2D eigenvalue weighted by Crippen LogP contribution is -2.30. The minimum Gasteiger partial charge on any atom is -0.393 e. The van der Waals surface area contributed by atoms with E-state index < -0.39 is 0 Å². The van der Waals surface area contributed by atoms with Crippen LogP contribution in [0, 0.1) is 0 Å². The van der Waals surface area contributed by atoms with Gasteiger partial charge in [-0.3, -0.25) is 20.6 Å². The van der Waals surface area contributed by atoms with Crippen LogP contribution in [0.3, 0.4) is 0 Å². The quantitative estimate of drug-likeness (QED) is 0.586. The summed E-state index contributed by atoms with van der Waals surface area (Å²) in [4.78, 5) is 26.4. The third-order valence-corrected chi connectivity index (χ3v) is 3.74. The molecule has 26 heavy (non-hydrogen) atoms. The van der Waals surface area contributed by atoms with Crippen molar-refractivity contribution in [3.05, 3.63) is 66.7 Å². The predicted octanol–water partition coefficient (Wildman–Crippen LogP) is 2.37. The number of carbonyl (C=O) groups excluding carboxylic acids is 1. The van der Waals surface area contributed by atoms with E-state index in [0.29, 0.717) is 29.4 Å².